The first-order valence-electron chi connectivity index (χ1n) is 6.11. The largest absolute Gasteiger partial charge is 0.330 e. The smallest absolute Gasteiger partial charge is 0.147 e. The molecule has 1 aliphatic rings. The van der Waals surface area contributed by atoms with Crippen molar-refractivity contribution >= 4 is 9.84 Å². The number of sulfone groups is 1. The van der Waals surface area contributed by atoms with E-state index in [9.17, 15) is 8.42 Å². The summed E-state index contributed by atoms with van der Waals surface area (Å²) in [5, 5.41) is 0. The van der Waals surface area contributed by atoms with Gasteiger partial charge in [0.1, 0.15) is 9.84 Å². The maximum absolute atomic E-state index is 11.0. The topological polar surface area (TPSA) is 63.4 Å². The highest BCUT2D eigenvalue weighted by atomic mass is 32.2. The minimum Gasteiger partial charge on any atom is -0.330 e. The number of hydrogen-bond acceptors (Lipinski definition) is 4. The maximum atomic E-state index is 11.0. The van der Waals surface area contributed by atoms with Crippen molar-refractivity contribution in [3.05, 3.63) is 0 Å². The van der Waals surface area contributed by atoms with E-state index in [0.29, 0.717) is 5.75 Å². The second-order valence-corrected chi connectivity index (χ2v) is 7.13. The van der Waals surface area contributed by atoms with E-state index in [0.717, 1.165) is 44.9 Å². The van der Waals surface area contributed by atoms with Gasteiger partial charge in [-0.05, 0) is 51.2 Å². The molecule has 1 heterocycles. The minimum atomic E-state index is -2.80. The molecule has 0 saturated carbocycles. The highest BCUT2D eigenvalue weighted by Gasteiger charge is 2.18. The zero-order valence-electron chi connectivity index (χ0n) is 10.2. The molecule has 1 fully saturated rings. The Balaban J connectivity index is 2.21. The molecular formula is C11H24N2O2S. The molecule has 1 atom stereocenters. The summed E-state index contributed by atoms with van der Waals surface area (Å²) >= 11 is 0. The van der Waals surface area contributed by atoms with Crippen LogP contribution in [-0.4, -0.2) is 51.5 Å². The van der Waals surface area contributed by atoms with Crippen molar-refractivity contribution in [1.82, 2.24) is 4.90 Å². The number of nitrogens with two attached hydrogens (primary N) is 1. The highest BCUT2D eigenvalue weighted by Crippen LogP contribution is 2.18. The van der Waals surface area contributed by atoms with Gasteiger partial charge in [0.15, 0.2) is 0 Å². The molecule has 0 aliphatic carbocycles. The van der Waals surface area contributed by atoms with E-state index in [1.165, 1.54) is 19.1 Å². The van der Waals surface area contributed by atoms with Crippen LogP contribution in [0.25, 0.3) is 0 Å². The van der Waals surface area contributed by atoms with Gasteiger partial charge in [-0.25, -0.2) is 8.42 Å². The first-order valence-corrected chi connectivity index (χ1v) is 8.17. The van der Waals surface area contributed by atoms with Crippen molar-refractivity contribution in [3.63, 3.8) is 0 Å². The van der Waals surface area contributed by atoms with Crippen molar-refractivity contribution < 1.29 is 8.42 Å². The van der Waals surface area contributed by atoms with Crippen molar-refractivity contribution in [2.45, 2.75) is 25.7 Å². The Morgan fingerprint density at radius 1 is 1.44 bits per heavy atom. The standard InChI is InChI=1S/C11H24N2O2S/c1-16(14,15)9-3-8-13-7-2-4-11(10-13)5-6-12/h11H,2-10,12H2,1H3. The van der Waals surface area contributed by atoms with Gasteiger partial charge in [-0.3, -0.25) is 0 Å². The second kappa shape index (κ2) is 6.57. The van der Waals surface area contributed by atoms with Gasteiger partial charge < -0.3 is 10.6 Å². The Morgan fingerprint density at radius 3 is 2.81 bits per heavy atom. The third-order valence-corrected chi connectivity index (χ3v) is 4.20. The van der Waals surface area contributed by atoms with Gasteiger partial charge in [0.25, 0.3) is 0 Å². The molecule has 1 aliphatic heterocycles. The lowest BCUT2D eigenvalue weighted by Gasteiger charge is -2.32. The van der Waals surface area contributed by atoms with E-state index in [1.807, 2.05) is 0 Å². The predicted octanol–water partition coefficient (Wildman–Crippen LogP) is 0.482. The Morgan fingerprint density at radius 2 is 2.19 bits per heavy atom. The van der Waals surface area contributed by atoms with Gasteiger partial charge in [-0.15, -0.1) is 0 Å². The van der Waals surface area contributed by atoms with Crippen LogP contribution in [0.1, 0.15) is 25.7 Å². The summed E-state index contributed by atoms with van der Waals surface area (Å²) < 4.78 is 22.0. The van der Waals surface area contributed by atoms with Gasteiger partial charge >= 0.3 is 0 Å². The second-order valence-electron chi connectivity index (χ2n) is 4.87. The van der Waals surface area contributed by atoms with Crippen LogP contribution < -0.4 is 5.73 Å². The first-order chi connectivity index (χ1) is 7.51. The maximum Gasteiger partial charge on any atom is 0.147 e. The molecule has 1 rings (SSSR count). The predicted molar refractivity (Wildman–Crippen MR) is 67.2 cm³/mol. The number of piperidine rings is 1. The fraction of sp³-hybridized carbons (Fsp3) is 1.00. The van der Waals surface area contributed by atoms with Gasteiger partial charge in [0, 0.05) is 12.8 Å². The lowest BCUT2D eigenvalue weighted by atomic mass is 9.95. The molecule has 0 aromatic heterocycles. The fourth-order valence-corrected chi connectivity index (χ4v) is 3.03. The normalized spacial score (nSPS) is 23.5. The van der Waals surface area contributed by atoms with Crippen LogP contribution in [0.3, 0.4) is 0 Å². The fourth-order valence-electron chi connectivity index (χ4n) is 2.38. The zero-order valence-corrected chi connectivity index (χ0v) is 11.0. The molecule has 5 heteroatoms. The monoisotopic (exact) mass is 248 g/mol. The van der Waals surface area contributed by atoms with Crippen LogP contribution in [0.15, 0.2) is 0 Å². The van der Waals surface area contributed by atoms with Crippen LogP contribution in [0.4, 0.5) is 0 Å². The molecule has 0 spiro atoms. The number of hydrogen-bond donors (Lipinski definition) is 1. The summed E-state index contributed by atoms with van der Waals surface area (Å²) in [4.78, 5) is 2.38. The molecule has 2 N–H and O–H groups in total. The van der Waals surface area contributed by atoms with E-state index in [-0.39, 0.29) is 0 Å². The van der Waals surface area contributed by atoms with Gasteiger partial charge in [0.05, 0.1) is 5.75 Å². The summed E-state index contributed by atoms with van der Waals surface area (Å²) in [5.41, 5.74) is 5.56. The summed E-state index contributed by atoms with van der Waals surface area (Å²) in [5.74, 6) is 1.03. The van der Waals surface area contributed by atoms with Crippen LogP contribution in [0.5, 0.6) is 0 Å². The summed E-state index contributed by atoms with van der Waals surface area (Å²) in [7, 11) is -2.80. The van der Waals surface area contributed by atoms with E-state index in [4.69, 9.17) is 5.73 Å². The van der Waals surface area contributed by atoms with E-state index in [2.05, 4.69) is 4.90 Å². The Kier molecular flexibility index (Phi) is 5.72. The highest BCUT2D eigenvalue weighted by molar-refractivity contribution is 7.90. The molecule has 0 aromatic carbocycles. The molecular weight excluding hydrogens is 224 g/mol. The average molecular weight is 248 g/mol. The van der Waals surface area contributed by atoms with Crippen LogP contribution in [0.2, 0.25) is 0 Å². The average Bonchev–Trinajstić information content (AvgIpc) is 2.17. The molecule has 0 bridgehead atoms. The van der Waals surface area contributed by atoms with E-state index in [1.54, 1.807) is 0 Å². The third-order valence-electron chi connectivity index (χ3n) is 3.17. The van der Waals surface area contributed by atoms with Gasteiger partial charge in [-0.1, -0.05) is 0 Å². The van der Waals surface area contributed by atoms with Crippen molar-refractivity contribution in [3.8, 4) is 0 Å². The lowest BCUT2D eigenvalue weighted by molar-refractivity contribution is 0.170. The van der Waals surface area contributed by atoms with Crippen molar-refractivity contribution in [1.29, 1.82) is 0 Å². The number of nitrogens with zero attached hydrogens (tertiary/aromatic N) is 1. The van der Waals surface area contributed by atoms with Crippen LogP contribution in [0, 0.1) is 5.92 Å². The van der Waals surface area contributed by atoms with Crippen molar-refractivity contribution in [2.75, 3.05) is 38.2 Å². The molecule has 1 saturated heterocycles. The molecule has 0 amide bonds. The van der Waals surface area contributed by atoms with Crippen molar-refractivity contribution in [2.24, 2.45) is 11.7 Å². The summed E-state index contributed by atoms with van der Waals surface area (Å²) in [6.45, 7) is 3.89. The number of rotatable bonds is 6. The van der Waals surface area contributed by atoms with Gasteiger partial charge in [-0.2, -0.15) is 0 Å². The molecule has 4 nitrogen and oxygen atoms in total. The van der Waals surface area contributed by atoms with Crippen LogP contribution >= 0.6 is 0 Å². The quantitative estimate of drug-likeness (QED) is 0.743. The minimum absolute atomic E-state index is 0.311. The lowest BCUT2D eigenvalue weighted by Crippen LogP contribution is -2.37. The summed E-state index contributed by atoms with van der Waals surface area (Å²) in [6.07, 6.45) is 5.67. The van der Waals surface area contributed by atoms with Gasteiger partial charge in [0.2, 0.25) is 0 Å². The molecule has 16 heavy (non-hydrogen) atoms. The Labute approximate surface area is 99.1 Å². The molecule has 0 aromatic rings. The van der Waals surface area contributed by atoms with Crippen LogP contribution in [-0.2, 0) is 9.84 Å². The van der Waals surface area contributed by atoms with E-state index >= 15 is 0 Å². The molecule has 96 valence electrons. The zero-order chi connectivity index (χ0) is 12.0. The summed E-state index contributed by atoms with van der Waals surface area (Å²) in [6, 6.07) is 0. The Bertz CT molecular complexity index is 288. The third kappa shape index (κ3) is 5.82. The number of likely N-dealkylation sites (tertiary alicyclic amines) is 1. The van der Waals surface area contributed by atoms with E-state index < -0.39 is 9.84 Å². The first kappa shape index (κ1) is 13.9. The molecule has 1 unspecified atom stereocenters. The SMILES string of the molecule is CS(=O)(=O)CCCN1CCCC(CCN)C1. The Hall–Kier alpha value is -0.130. The molecule has 0 radical (unpaired) electrons.